The van der Waals surface area contributed by atoms with Crippen molar-refractivity contribution in [1.29, 1.82) is 0 Å². The standard InChI is InChI=1S/C22H30N2O3S.ClH/c1-16-5-7-24(8-6-16)18(21-4-3-11-28-21)15-23-14-17-12-19(25-2)22-20(13-17)26-9-10-27-22;/h3-4,11-13,16,18,23H,5-10,14-15H2,1-2H3;1H. The molecule has 0 radical (unpaired) electrons. The van der Waals surface area contributed by atoms with E-state index in [0.717, 1.165) is 41.8 Å². The monoisotopic (exact) mass is 438 g/mol. The van der Waals surface area contributed by atoms with Gasteiger partial charge in [-0.3, -0.25) is 4.90 Å². The fraction of sp³-hybridized carbons (Fsp3) is 0.545. The quantitative estimate of drug-likeness (QED) is 0.688. The van der Waals surface area contributed by atoms with Gasteiger partial charge in [0.15, 0.2) is 11.5 Å². The number of hydrogen-bond acceptors (Lipinski definition) is 6. The Morgan fingerprint density at radius 1 is 1.24 bits per heavy atom. The highest BCUT2D eigenvalue weighted by Gasteiger charge is 2.25. The molecule has 0 amide bonds. The Hall–Kier alpha value is -1.47. The van der Waals surface area contributed by atoms with E-state index in [1.165, 1.54) is 30.8 Å². The lowest BCUT2D eigenvalue weighted by Crippen LogP contribution is -2.40. The number of ether oxygens (including phenoxy) is 3. The third-order valence-electron chi connectivity index (χ3n) is 5.69. The Labute approximate surface area is 183 Å². The maximum Gasteiger partial charge on any atom is 0.203 e. The fourth-order valence-electron chi connectivity index (χ4n) is 4.01. The van der Waals surface area contributed by atoms with Crippen molar-refractivity contribution in [2.75, 3.05) is 40.0 Å². The summed E-state index contributed by atoms with van der Waals surface area (Å²) in [6, 6.07) is 8.97. The second-order valence-corrected chi connectivity index (χ2v) is 8.68. The minimum absolute atomic E-state index is 0. The first-order valence-corrected chi connectivity index (χ1v) is 11.1. The van der Waals surface area contributed by atoms with Gasteiger partial charge < -0.3 is 19.5 Å². The molecule has 1 fully saturated rings. The van der Waals surface area contributed by atoms with Gasteiger partial charge in [-0.1, -0.05) is 13.0 Å². The summed E-state index contributed by atoms with van der Waals surface area (Å²) in [6.45, 7) is 7.60. The predicted molar refractivity (Wildman–Crippen MR) is 120 cm³/mol. The van der Waals surface area contributed by atoms with E-state index < -0.39 is 0 Å². The molecule has 1 N–H and O–H groups in total. The lowest BCUT2D eigenvalue weighted by Gasteiger charge is -2.36. The van der Waals surface area contributed by atoms with Crippen LogP contribution < -0.4 is 19.5 Å². The van der Waals surface area contributed by atoms with Crippen molar-refractivity contribution in [3.8, 4) is 17.2 Å². The zero-order valence-electron chi connectivity index (χ0n) is 17.2. The van der Waals surface area contributed by atoms with Gasteiger partial charge in [0.2, 0.25) is 5.75 Å². The summed E-state index contributed by atoms with van der Waals surface area (Å²) in [4.78, 5) is 4.09. The molecule has 1 saturated heterocycles. The molecule has 7 heteroatoms. The number of halogens is 1. The molecule has 2 aliphatic rings. The second-order valence-electron chi connectivity index (χ2n) is 7.70. The minimum Gasteiger partial charge on any atom is -0.493 e. The van der Waals surface area contributed by atoms with Gasteiger partial charge in [-0.05, 0) is 61.0 Å². The summed E-state index contributed by atoms with van der Waals surface area (Å²) in [6.07, 6.45) is 2.59. The molecule has 0 saturated carbocycles. The molecule has 0 bridgehead atoms. The zero-order valence-corrected chi connectivity index (χ0v) is 18.8. The third kappa shape index (κ3) is 5.37. The van der Waals surface area contributed by atoms with Crippen molar-refractivity contribution in [2.24, 2.45) is 5.92 Å². The third-order valence-corrected chi connectivity index (χ3v) is 6.66. The minimum atomic E-state index is 0. The maximum atomic E-state index is 5.76. The molecule has 2 aliphatic heterocycles. The number of fused-ring (bicyclic) bond motifs is 1. The normalized spacial score (nSPS) is 18.1. The summed E-state index contributed by atoms with van der Waals surface area (Å²) < 4.78 is 17.0. The SMILES string of the molecule is COc1cc(CNCC(c2cccs2)N2CCC(C)CC2)cc2c1OCCO2.Cl. The fourth-order valence-corrected chi connectivity index (χ4v) is 4.87. The zero-order chi connectivity index (χ0) is 19.3. The number of methoxy groups -OCH3 is 1. The van der Waals surface area contributed by atoms with Gasteiger partial charge in [-0.15, -0.1) is 23.7 Å². The molecule has 1 unspecified atom stereocenters. The van der Waals surface area contributed by atoms with Gasteiger partial charge in [0, 0.05) is 18.0 Å². The van der Waals surface area contributed by atoms with Crippen molar-refractivity contribution >= 4 is 23.7 Å². The van der Waals surface area contributed by atoms with Gasteiger partial charge in [-0.2, -0.15) is 0 Å². The second kappa shape index (κ2) is 10.5. The Balaban J connectivity index is 0.00000240. The van der Waals surface area contributed by atoms with E-state index in [1.807, 2.05) is 17.4 Å². The summed E-state index contributed by atoms with van der Waals surface area (Å²) >= 11 is 1.86. The number of likely N-dealkylation sites (tertiary alicyclic amines) is 1. The highest BCUT2D eigenvalue weighted by Crippen LogP contribution is 2.40. The number of nitrogens with one attached hydrogen (secondary N) is 1. The molecule has 2 aromatic rings. The molecule has 0 spiro atoms. The van der Waals surface area contributed by atoms with Crippen LogP contribution in [0.3, 0.4) is 0 Å². The number of hydrogen-bond donors (Lipinski definition) is 1. The smallest absolute Gasteiger partial charge is 0.203 e. The Morgan fingerprint density at radius 3 is 2.76 bits per heavy atom. The Bertz CT molecular complexity index is 746. The number of benzene rings is 1. The van der Waals surface area contributed by atoms with Gasteiger partial charge in [0.05, 0.1) is 13.2 Å². The number of thiophene rings is 1. The summed E-state index contributed by atoms with van der Waals surface area (Å²) in [7, 11) is 1.68. The van der Waals surface area contributed by atoms with E-state index in [4.69, 9.17) is 14.2 Å². The van der Waals surface area contributed by atoms with Crippen LogP contribution in [0.1, 0.15) is 36.2 Å². The van der Waals surface area contributed by atoms with Crippen LogP contribution >= 0.6 is 23.7 Å². The Morgan fingerprint density at radius 2 is 2.03 bits per heavy atom. The van der Waals surface area contributed by atoms with Crippen LogP contribution in [0.2, 0.25) is 0 Å². The average Bonchev–Trinajstić information content (AvgIpc) is 3.26. The number of nitrogens with zero attached hydrogens (tertiary/aromatic N) is 1. The van der Waals surface area contributed by atoms with Crippen LogP contribution in [0.5, 0.6) is 17.2 Å². The summed E-state index contributed by atoms with van der Waals surface area (Å²) in [5, 5.41) is 5.85. The average molecular weight is 439 g/mol. The van der Waals surface area contributed by atoms with Gasteiger partial charge in [-0.25, -0.2) is 0 Å². The molecule has 0 aliphatic carbocycles. The van der Waals surface area contributed by atoms with E-state index >= 15 is 0 Å². The van der Waals surface area contributed by atoms with Gasteiger partial charge in [0.1, 0.15) is 13.2 Å². The molecule has 160 valence electrons. The van der Waals surface area contributed by atoms with E-state index in [9.17, 15) is 0 Å². The molecule has 3 heterocycles. The summed E-state index contributed by atoms with van der Waals surface area (Å²) in [5.74, 6) is 3.09. The molecule has 5 nitrogen and oxygen atoms in total. The van der Waals surface area contributed by atoms with E-state index in [0.29, 0.717) is 19.3 Å². The predicted octanol–water partition coefficient (Wildman–Crippen LogP) is 4.51. The maximum absolute atomic E-state index is 5.76. The highest BCUT2D eigenvalue weighted by atomic mass is 35.5. The van der Waals surface area contributed by atoms with Crippen molar-refractivity contribution in [3.05, 3.63) is 40.1 Å². The molecule has 4 rings (SSSR count). The molecular formula is C22H31ClN2O3S. The van der Waals surface area contributed by atoms with Crippen LogP contribution in [0, 0.1) is 5.92 Å². The first kappa shape index (κ1) is 22.2. The number of rotatable bonds is 7. The van der Waals surface area contributed by atoms with Crippen molar-refractivity contribution in [2.45, 2.75) is 32.4 Å². The van der Waals surface area contributed by atoms with Crippen molar-refractivity contribution < 1.29 is 14.2 Å². The van der Waals surface area contributed by atoms with E-state index in [-0.39, 0.29) is 12.4 Å². The molecule has 29 heavy (non-hydrogen) atoms. The summed E-state index contributed by atoms with van der Waals surface area (Å²) in [5.41, 5.74) is 1.15. The Kier molecular flexibility index (Phi) is 8.07. The first-order chi connectivity index (χ1) is 13.7. The van der Waals surface area contributed by atoms with Crippen LogP contribution in [0.15, 0.2) is 29.6 Å². The van der Waals surface area contributed by atoms with Crippen LogP contribution in [-0.4, -0.2) is 44.9 Å². The van der Waals surface area contributed by atoms with Crippen molar-refractivity contribution in [1.82, 2.24) is 10.2 Å². The van der Waals surface area contributed by atoms with Gasteiger partial charge in [0.25, 0.3) is 0 Å². The van der Waals surface area contributed by atoms with Crippen molar-refractivity contribution in [3.63, 3.8) is 0 Å². The first-order valence-electron chi connectivity index (χ1n) is 10.2. The van der Waals surface area contributed by atoms with E-state index in [1.54, 1.807) is 7.11 Å². The van der Waals surface area contributed by atoms with Crippen LogP contribution in [0.4, 0.5) is 0 Å². The van der Waals surface area contributed by atoms with Crippen LogP contribution in [0.25, 0.3) is 0 Å². The topological polar surface area (TPSA) is 43.0 Å². The van der Waals surface area contributed by atoms with Gasteiger partial charge >= 0.3 is 0 Å². The lowest BCUT2D eigenvalue weighted by molar-refractivity contribution is 0.137. The largest absolute Gasteiger partial charge is 0.493 e. The lowest BCUT2D eigenvalue weighted by atomic mass is 9.97. The van der Waals surface area contributed by atoms with E-state index in [2.05, 4.69) is 40.7 Å². The molecule has 1 atom stereocenters. The van der Waals surface area contributed by atoms with Crippen LogP contribution in [-0.2, 0) is 6.54 Å². The molecular weight excluding hydrogens is 408 g/mol. The number of piperidine rings is 1. The molecule has 1 aromatic heterocycles. The molecule has 1 aromatic carbocycles. The highest BCUT2D eigenvalue weighted by molar-refractivity contribution is 7.10.